The van der Waals surface area contributed by atoms with E-state index in [-0.39, 0.29) is 5.91 Å². The van der Waals surface area contributed by atoms with Crippen LogP contribution in [0, 0.1) is 0 Å². The van der Waals surface area contributed by atoms with Gasteiger partial charge in [-0.25, -0.2) is 0 Å². The van der Waals surface area contributed by atoms with Gasteiger partial charge in [0.25, 0.3) is 0 Å². The van der Waals surface area contributed by atoms with Crippen LogP contribution >= 0.6 is 0 Å². The molecule has 0 radical (unpaired) electrons. The van der Waals surface area contributed by atoms with Crippen molar-refractivity contribution in [2.45, 2.75) is 6.54 Å². The molecular weight excluding hydrogens is 352 g/mol. The maximum absolute atomic E-state index is 12.6. The number of carbonyl (C=O) groups excluding carboxylic acids is 1. The summed E-state index contributed by atoms with van der Waals surface area (Å²) >= 11 is 0. The lowest BCUT2D eigenvalue weighted by Gasteiger charge is -2.35. The first-order chi connectivity index (χ1) is 13.7. The van der Waals surface area contributed by atoms with Crippen molar-refractivity contribution in [3.05, 3.63) is 60.4 Å². The van der Waals surface area contributed by atoms with E-state index in [1.807, 2.05) is 24.2 Å². The quantitative estimate of drug-likeness (QED) is 0.561. The normalized spacial score (nSPS) is 15.4. The Morgan fingerprint density at radius 1 is 1.18 bits per heavy atom. The number of fused-ring (bicyclic) bond motifs is 1. The molecule has 1 aromatic heterocycles. The van der Waals surface area contributed by atoms with Crippen LogP contribution in [0.15, 0.2) is 59.9 Å². The Labute approximate surface area is 164 Å². The number of aryl methyl sites for hydroxylation is 1. The van der Waals surface area contributed by atoms with Crippen molar-refractivity contribution in [3.8, 4) is 0 Å². The van der Waals surface area contributed by atoms with Crippen molar-refractivity contribution in [2.75, 3.05) is 31.6 Å². The minimum Gasteiger partial charge on any atom is -0.352 e. The molecule has 1 fully saturated rings. The third kappa shape index (κ3) is 3.55. The molecule has 28 heavy (non-hydrogen) atoms. The highest BCUT2D eigenvalue weighted by atomic mass is 16.2. The van der Waals surface area contributed by atoms with E-state index in [0.29, 0.717) is 19.6 Å². The molecule has 0 unspecified atom stereocenters. The molecule has 0 bridgehead atoms. The monoisotopic (exact) mass is 376 g/mol. The number of rotatable bonds is 3. The molecule has 1 aliphatic heterocycles. The van der Waals surface area contributed by atoms with Crippen molar-refractivity contribution >= 4 is 28.3 Å². The van der Waals surface area contributed by atoms with Crippen LogP contribution in [-0.4, -0.2) is 53.2 Å². The average Bonchev–Trinajstić information content (AvgIpc) is 3.14. The third-order valence-electron chi connectivity index (χ3n) is 5.05. The minimum atomic E-state index is 0.0485. The molecule has 2 heterocycles. The van der Waals surface area contributed by atoms with Crippen molar-refractivity contribution in [1.82, 2.24) is 20.0 Å². The summed E-state index contributed by atoms with van der Waals surface area (Å²) in [7, 11) is 3.60. The van der Waals surface area contributed by atoms with Gasteiger partial charge in [-0.05, 0) is 16.3 Å². The smallest absolute Gasteiger partial charge is 0.246 e. The highest BCUT2D eigenvalue weighted by molar-refractivity contribution is 5.98. The number of aromatic nitrogens is 2. The predicted molar refractivity (Wildman–Crippen MR) is 111 cm³/mol. The Bertz CT molecular complexity index is 1020. The van der Waals surface area contributed by atoms with Crippen LogP contribution in [0.25, 0.3) is 10.8 Å². The van der Waals surface area contributed by atoms with Crippen LogP contribution < -0.4 is 10.2 Å². The van der Waals surface area contributed by atoms with Gasteiger partial charge < -0.3 is 15.1 Å². The SMILES string of the molecule is CN=C(NCc1cccc2ccccc12)N1CCN(c2cnn(C)c2)C(=O)C1. The first-order valence-corrected chi connectivity index (χ1v) is 9.37. The van der Waals surface area contributed by atoms with E-state index in [0.717, 1.165) is 18.2 Å². The fourth-order valence-electron chi connectivity index (χ4n) is 3.63. The maximum atomic E-state index is 12.6. The molecule has 1 N–H and O–H groups in total. The summed E-state index contributed by atoms with van der Waals surface area (Å²) in [4.78, 5) is 20.8. The number of nitrogens with zero attached hydrogens (tertiary/aromatic N) is 5. The molecule has 0 atom stereocenters. The molecule has 3 aromatic rings. The largest absolute Gasteiger partial charge is 0.352 e. The second kappa shape index (κ2) is 7.72. The number of amides is 1. The van der Waals surface area contributed by atoms with Gasteiger partial charge >= 0.3 is 0 Å². The number of carbonyl (C=O) groups is 1. The number of aliphatic imine (C=N–C) groups is 1. The lowest BCUT2D eigenvalue weighted by atomic mass is 10.0. The first-order valence-electron chi connectivity index (χ1n) is 9.37. The van der Waals surface area contributed by atoms with Crippen molar-refractivity contribution in [2.24, 2.45) is 12.0 Å². The van der Waals surface area contributed by atoms with E-state index in [2.05, 4.69) is 51.8 Å². The number of guanidine groups is 1. The summed E-state index contributed by atoms with van der Waals surface area (Å²) in [6.45, 7) is 2.28. The van der Waals surface area contributed by atoms with Crippen LogP contribution in [0.5, 0.6) is 0 Å². The second-order valence-electron chi connectivity index (χ2n) is 6.88. The summed E-state index contributed by atoms with van der Waals surface area (Å²) in [5, 5.41) is 10.0. The highest BCUT2D eigenvalue weighted by Crippen LogP contribution is 2.19. The van der Waals surface area contributed by atoms with E-state index < -0.39 is 0 Å². The molecular formula is C21H24N6O. The van der Waals surface area contributed by atoms with Crippen LogP contribution in [0.2, 0.25) is 0 Å². The summed E-state index contributed by atoms with van der Waals surface area (Å²) in [6, 6.07) is 14.6. The standard InChI is InChI=1S/C21H24N6O/c1-22-21(23-12-17-8-5-7-16-6-3-4-9-19(16)17)26-10-11-27(20(28)15-26)18-13-24-25(2)14-18/h3-9,13-14H,10-12,15H2,1-2H3,(H,22,23). The molecule has 0 saturated carbocycles. The van der Waals surface area contributed by atoms with Gasteiger partial charge in [0.2, 0.25) is 5.91 Å². The molecule has 7 nitrogen and oxygen atoms in total. The number of hydrogen-bond acceptors (Lipinski definition) is 3. The lowest BCUT2D eigenvalue weighted by molar-refractivity contribution is -0.120. The Hall–Kier alpha value is -3.35. The molecule has 1 saturated heterocycles. The van der Waals surface area contributed by atoms with Crippen molar-refractivity contribution in [1.29, 1.82) is 0 Å². The fraction of sp³-hybridized carbons (Fsp3) is 0.286. The first kappa shape index (κ1) is 18.0. The Morgan fingerprint density at radius 2 is 2.00 bits per heavy atom. The van der Waals surface area contributed by atoms with E-state index >= 15 is 0 Å². The molecule has 1 amide bonds. The van der Waals surface area contributed by atoms with Crippen LogP contribution in [0.3, 0.4) is 0 Å². The summed E-state index contributed by atoms with van der Waals surface area (Å²) in [5.74, 6) is 0.791. The average molecular weight is 376 g/mol. The highest BCUT2D eigenvalue weighted by Gasteiger charge is 2.27. The Morgan fingerprint density at radius 3 is 2.75 bits per heavy atom. The molecule has 0 aliphatic carbocycles. The van der Waals surface area contributed by atoms with Gasteiger partial charge in [-0.3, -0.25) is 14.5 Å². The van der Waals surface area contributed by atoms with Crippen LogP contribution in [-0.2, 0) is 18.4 Å². The Balaban J connectivity index is 1.43. The zero-order valence-electron chi connectivity index (χ0n) is 16.2. The number of nitrogens with one attached hydrogen (secondary N) is 1. The number of piperazine rings is 1. The zero-order valence-corrected chi connectivity index (χ0v) is 16.2. The van der Waals surface area contributed by atoms with Gasteiger partial charge in [-0.2, -0.15) is 5.10 Å². The third-order valence-corrected chi connectivity index (χ3v) is 5.05. The summed E-state index contributed by atoms with van der Waals surface area (Å²) in [5.41, 5.74) is 2.05. The van der Waals surface area contributed by atoms with Crippen LogP contribution in [0.4, 0.5) is 5.69 Å². The molecule has 7 heteroatoms. The summed E-state index contributed by atoms with van der Waals surface area (Å²) < 4.78 is 1.71. The number of anilines is 1. The molecule has 144 valence electrons. The van der Waals surface area contributed by atoms with Gasteiger partial charge in [-0.1, -0.05) is 42.5 Å². The molecule has 0 spiro atoms. The van der Waals surface area contributed by atoms with Crippen molar-refractivity contribution < 1.29 is 4.79 Å². The number of hydrogen-bond donors (Lipinski definition) is 1. The van der Waals surface area contributed by atoms with E-state index in [1.54, 1.807) is 22.8 Å². The van der Waals surface area contributed by atoms with E-state index in [4.69, 9.17) is 0 Å². The molecule has 1 aliphatic rings. The molecule has 2 aromatic carbocycles. The molecule has 4 rings (SSSR count). The second-order valence-corrected chi connectivity index (χ2v) is 6.88. The lowest BCUT2D eigenvalue weighted by Crippen LogP contribution is -2.55. The minimum absolute atomic E-state index is 0.0485. The predicted octanol–water partition coefficient (Wildman–Crippen LogP) is 2.00. The van der Waals surface area contributed by atoms with E-state index in [1.165, 1.54) is 16.3 Å². The van der Waals surface area contributed by atoms with Gasteiger partial charge in [0.1, 0.15) is 6.54 Å². The van der Waals surface area contributed by atoms with Gasteiger partial charge in [0.05, 0.1) is 11.9 Å². The van der Waals surface area contributed by atoms with Gasteiger partial charge in [0.15, 0.2) is 5.96 Å². The fourth-order valence-corrected chi connectivity index (χ4v) is 3.63. The topological polar surface area (TPSA) is 65.8 Å². The van der Waals surface area contributed by atoms with Crippen molar-refractivity contribution in [3.63, 3.8) is 0 Å². The van der Waals surface area contributed by atoms with Gasteiger partial charge in [-0.15, -0.1) is 0 Å². The number of benzene rings is 2. The Kier molecular flexibility index (Phi) is 4.97. The van der Waals surface area contributed by atoms with Gasteiger partial charge in [0, 0.05) is 39.9 Å². The zero-order chi connectivity index (χ0) is 19.5. The summed E-state index contributed by atoms with van der Waals surface area (Å²) in [6.07, 6.45) is 3.59. The maximum Gasteiger partial charge on any atom is 0.246 e. The van der Waals surface area contributed by atoms with Crippen LogP contribution in [0.1, 0.15) is 5.56 Å². The van der Waals surface area contributed by atoms with E-state index in [9.17, 15) is 4.79 Å².